The molecule has 1 aromatic rings. The average molecular weight is 267 g/mol. The number of ether oxygens (including phenoxy) is 1. The van der Waals surface area contributed by atoms with Gasteiger partial charge in [0.1, 0.15) is 0 Å². The van der Waals surface area contributed by atoms with Gasteiger partial charge >= 0.3 is 0 Å². The Kier molecular flexibility index (Phi) is 6.33. The van der Waals surface area contributed by atoms with E-state index in [1.165, 1.54) is 6.07 Å². The van der Waals surface area contributed by atoms with Crippen molar-refractivity contribution in [2.45, 2.75) is 33.6 Å². The van der Waals surface area contributed by atoms with Gasteiger partial charge in [0.25, 0.3) is 0 Å². The first-order valence-electron chi connectivity index (χ1n) is 6.70. The van der Waals surface area contributed by atoms with Crippen LogP contribution in [-0.2, 0) is 11.2 Å². The van der Waals surface area contributed by atoms with Crippen LogP contribution in [-0.4, -0.2) is 19.1 Å². The molecule has 0 aliphatic rings. The lowest BCUT2D eigenvalue weighted by Gasteiger charge is -2.09. The lowest BCUT2D eigenvalue weighted by molar-refractivity contribution is -0.121. The quantitative estimate of drug-likeness (QED) is 0.825. The highest BCUT2D eigenvalue weighted by Gasteiger charge is 2.06. The van der Waals surface area contributed by atoms with Crippen LogP contribution in [0.1, 0.15) is 32.8 Å². The van der Waals surface area contributed by atoms with Crippen LogP contribution in [0.5, 0.6) is 5.75 Å². The predicted molar refractivity (Wildman–Crippen MR) is 73.7 cm³/mol. The average Bonchev–Trinajstić information content (AvgIpc) is 2.32. The van der Waals surface area contributed by atoms with Crippen molar-refractivity contribution in [2.75, 3.05) is 13.2 Å². The van der Waals surface area contributed by atoms with Crippen molar-refractivity contribution >= 4 is 5.91 Å². The molecule has 0 radical (unpaired) electrons. The summed E-state index contributed by atoms with van der Waals surface area (Å²) in [6.07, 6.45) is 1.14. The first-order chi connectivity index (χ1) is 9.02. The van der Waals surface area contributed by atoms with Crippen molar-refractivity contribution < 1.29 is 13.9 Å². The molecule has 0 bridgehead atoms. The normalized spacial score (nSPS) is 10.6. The van der Waals surface area contributed by atoms with Crippen molar-refractivity contribution in [1.82, 2.24) is 5.32 Å². The van der Waals surface area contributed by atoms with Crippen LogP contribution in [0.15, 0.2) is 18.2 Å². The van der Waals surface area contributed by atoms with Gasteiger partial charge in [0.05, 0.1) is 6.61 Å². The Bertz CT molecular complexity index is 419. The van der Waals surface area contributed by atoms with Gasteiger partial charge in [-0.2, -0.15) is 0 Å². The van der Waals surface area contributed by atoms with Crippen LogP contribution in [0.25, 0.3) is 0 Å². The van der Waals surface area contributed by atoms with Crippen molar-refractivity contribution in [3.05, 3.63) is 29.6 Å². The molecule has 3 nitrogen and oxygen atoms in total. The largest absolute Gasteiger partial charge is 0.491 e. The van der Waals surface area contributed by atoms with E-state index in [1.807, 2.05) is 26.8 Å². The molecule has 19 heavy (non-hydrogen) atoms. The molecule has 0 spiro atoms. The molecule has 0 heterocycles. The molecule has 1 N–H and O–H groups in total. The first kappa shape index (κ1) is 15.5. The van der Waals surface area contributed by atoms with Crippen LogP contribution < -0.4 is 10.1 Å². The second-order valence-electron chi connectivity index (χ2n) is 4.90. The Morgan fingerprint density at radius 3 is 2.74 bits per heavy atom. The first-order valence-corrected chi connectivity index (χ1v) is 6.70. The smallest absolute Gasteiger partial charge is 0.220 e. The number of halogens is 1. The molecule has 0 aromatic heterocycles. The van der Waals surface area contributed by atoms with E-state index in [4.69, 9.17) is 4.74 Å². The second kappa shape index (κ2) is 7.77. The molecular formula is C15H22FNO2. The predicted octanol–water partition coefficient (Wildman–Crippen LogP) is 2.93. The zero-order valence-corrected chi connectivity index (χ0v) is 11.8. The molecule has 0 unspecified atom stereocenters. The third kappa shape index (κ3) is 5.73. The van der Waals surface area contributed by atoms with Crippen LogP contribution in [0, 0.1) is 11.7 Å². The molecule has 1 rings (SSSR count). The van der Waals surface area contributed by atoms with Gasteiger partial charge in [-0.25, -0.2) is 4.39 Å². The maximum Gasteiger partial charge on any atom is 0.220 e. The number of amides is 1. The monoisotopic (exact) mass is 267 g/mol. The minimum Gasteiger partial charge on any atom is -0.491 e. The number of hydrogen-bond donors (Lipinski definition) is 1. The second-order valence-corrected chi connectivity index (χ2v) is 4.90. The van der Waals surface area contributed by atoms with E-state index in [0.717, 1.165) is 5.56 Å². The third-order valence-electron chi connectivity index (χ3n) is 2.63. The summed E-state index contributed by atoms with van der Waals surface area (Å²) in [5.41, 5.74) is 0.853. The lowest BCUT2D eigenvalue weighted by Crippen LogP contribution is -2.26. The fourth-order valence-electron chi connectivity index (χ4n) is 1.76. The van der Waals surface area contributed by atoms with Crippen LogP contribution >= 0.6 is 0 Å². The Morgan fingerprint density at radius 1 is 1.42 bits per heavy atom. The topological polar surface area (TPSA) is 38.3 Å². The van der Waals surface area contributed by atoms with Crippen molar-refractivity contribution in [1.29, 1.82) is 0 Å². The van der Waals surface area contributed by atoms with Gasteiger partial charge in [-0.1, -0.05) is 19.9 Å². The van der Waals surface area contributed by atoms with E-state index in [9.17, 15) is 9.18 Å². The zero-order valence-electron chi connectivity index (χ0n) is 11.8. The standard InChI is InChI=1S/C15H22FNO2/c1-4-19-14-6-5-12(10-13(14)16)7-8-17-15(18)9-11(2)3/h5-6,10-11H,4,7-9H2,1-3H3,(H,17,18). The lowest BCUT2D eigenvalue weighted by atomic mass is 10.1. The molecule has 0 fully saturated rings. The molecule has 0 aliphatic heterocycles. The SMILES string of the molecule is CCOc1ccc(CCNC(=O)CC(C)C)cc1F. The van der Waals surface area contributed by atoms with Gasteiger partial charge in [0.2, 0.25) is 5.91 Å². The molecular weight excluding hydrogens is 245 g/mol. The minimum absolute atomic E-state index is 0.0430. The van der Waals surface area contributed by atoms with Crippen molar-refractivity contribution in [3.63, 3.8) is 0 Å². The number of rotatable bonds is 7. The molecule has 106 valence electrons. The molecule has 1 amide bonds. The number of carbonyl (C=O) groups excluding carboxylic acids is 1. The van der Waals surface area contributed by atoms with Crippen LogP contribution in [0.4, 0.5) is 4.39 Å². The summed E-state index contributed by atoms with van der Waals surface area (Å²) in [6, 6.07) is 4.91. The van der Waals surface area contributed by atoms with Gasteiger partial charge in [0, 0.05) is 13.0 Å². The van der Waals surface area contributed by atoms with Crippen molar-refractivity contribution in [3.8, 4) is 5.75 Å². The van der Waals surface area contributed by atoms with Gasteiger partial charge < -0.3 is 10.1 Å². The third-order valence-corrected chi connectivity index (χ3v) is 2.63. The zero-order chi connectivity index (χ0) is 14.3. The minimum atomic E-state index is -0.354. The Hall–Kier alpha value is -1.58. The fourth-order valence-corrected chi connectivity index (χ4v) is 1.76. The summed E-state index contributed by atoms with van der Waals surface area (Å²) in [4.78, 5) is 11.4. The van der Waals surface area contributed by atoms with E-state index >= 15 is 0 Å². The number of benzene rings is 1. The van der Waals surface area contributed by atoms with E-state index < -0.39 is 0 Å². The molecule has 4 heteroatoms. The fraction of sp³-hybridized carbons (Fsp3) is 0.533. The maximum absolute atomic E-state index is 13.6. The molecule has 0 saturated heterocycles. The van der Waals surface area contributed by atoms with E-state index in [-0.39, 0.29) is 17.5 Å². The summed E-state index contributed by atoms with van der Waals surface area (Å²) < 4.78 is 18.7. The summed E-state index contributed by atoms with van der Waals surface area (Å²) in [5, 5.41) is 2.83. The maximum atomic E-state index is 13.6. The van der Waals surface area contributed by atoms with Gasteiger partial charge in [-0.05, 0) is 37.0 Å². The van der Waals surface area contributed by atoms with E-state index in [1.54, 1.807) is 6.07 Å². The molecule has 0 saturated carbocycles. The number of hydrogen-bond acceptors (Lipinski definition) is 2. The van der Waals surface area contributed by atoms with Gasteiger partial charge in [-0.3, -0.25) is 4.79 Å². The number of nitrogens with one attached hydrogen (secondary N) is 1. The summed E-state index contributed by atoms with van der Waals surface area (Å²) in [6.45, 7) is 6.79. The molecule has 0 aliphatic carbocycles. The number of carbonyl (C=O) groups is 1. The molecule has 1 aromatic carbocycles. The highest BCUT2D eigenvalue weighted by Crippen LogP contribution is 2.18. The van der Waals surface area contributed by atoms with Crippen LogP contribution in [0.2, 0.25) is 0 Å². The highest BCUT2D eigenvalue weighted by molar-refractivity contribution is 5.76. The Labute approximate surface area is 114 Å². The Morgan fingerprint density at radius 2 is 2.16 bits per heavy atom. The summed E-state index contributed by atoms with van der Waals surface area (Å²) in [5.74, 6) is 0.312. The van der Waals surface area contributed by atoms with Gasteiger partial charge in [0.15, 0.2) is 11.6 Å². The van der Waals surface area contributed by atoms with Crippen molar-refractivity contribution in [2.24, 2.45) is 5.92 Å². The summed E-state index contributed by atoms with van der Waals surface area (Å²) in [7, 11) is 0. The Balaban J connectivity index is 2.41. The highest BCUT2D eigenvalue weighted by atomic mass is 19.1. The summed E-state index contributed by atoms with van der Waals surface area (Å²) >= 11 is 0. The molecule has 0 atom stereocenters. The van der Waals surface area contributed by atoms with Gasteiger partial charge in [-0.15, -0.1) is 0 Å². The van der Waals surface area contributed by atoms with Crippen LogP contribution in [0.3, 0.4) is 0 Å². The van der Waals surface area contributed by atoms with E-state index in [2.05, 4.69) is 5.32 Å². The van der Waals surface area contributed by atoms with E-state index in [0.29, 0.717) is 31.9 Å².